The maximum absolute atomic E-state index is 12.1. The van der Waals surface area contributed by atoms with Gasteiger partial charge < -0.3 is 30.4 Å². The molecule has 25 heavy (non-hydrogen) atoms. The number of carbonyl (C=O) groups excluding carboxylic acids is 2. The summed E-state index contributed by atoms with van der Waals surface area (Å²) in [5.74, 6) is -0.625. The molecule has 1 aliphatic rings. The Morgan fingerprint density at radius 2 is 2.24 bits per heavy atom. The zero-order chi connectivity index (χ0) is 18.2. The van der Waals surface area contributed by atoms with Crippen molar-refractivity contribution < 1.29 is 19.1 Å². The van der Waals surface area contributed by atoms with E-state index in [2.05, 4.69) is 25.9 Å². The SMILES string of the molecule is CCOC(=O)CNC(=O)c1c[nH]c(=O)c(NC2=NCC(OC)CN2)c1. The molecule has 0 aliphatic carbocycles. The predicted octanol–water partition coefficient (Wildman–Crippen LogP) is -0.946. The van der Waals surface area contributed by atoms with Crippen LogP contribution in [-0.2, 0) is 14.3 Å². The van der Waals surface area contributed by atoms with Crippen molar-refractivity contribution in [2.75, 3.05) is 38.7 Å². The molecule has 0 spiro atoms. The average molecular weight is 351 g/mol. The summed E-state index contributed by atoms with van der Waals surface area (Å²) < 4.78 is 9.90. The fourth-order valence-electron chi connectivity index (χ4n) is 2.07. The Morgan fingerprint density at radius 3 is 2.88 bits per heavy atom. The quantitative estimate of drug-likeness (QED) is 0.486. The highest BCUT2D eigenvalue weighted by atomic mass is 16.5. The van der Waals surface area contributed by atoms with Crippen molar-refractivity contribution >= 4 is 23.5 Å². The van der Waals surface area contributed by atoms with Crippen LogP contribution in [0.4, 0.5) is 5.69 Å². The molecule has 0 saturated carbocycles. The van der Waals surface area contributed by atoms with Crippen LogP contribution in [0.1, 0.15) is 17.3 Å². The first-order valence-corrected chi connectivity index (χ1v) is 7.78. The van der Waals surface area contributed by atoms with Crippen LogP contribution in [0.2, 0.25) is 0 Å². The number of nitrogens with one attached hydrogen (secondary N) is 4. The number of hydrogen-bond donors (Lipinski definition) is 4. The number of pyridine rings is 1. The number of ether oxygens (including phenoxy) is 2. The van der Waals surface area contributed by atoms with Gasteiger partial charge in [-0.25, -0.2) is 0 Å². The van der Waals surface area contributed by atoms with E-state index in [1.54, 1.807) is 14.0 Å². The van der Waals surface area contributed by atoms with Crippen LogP contribution in [0.15, 0.2) is 22.1 Å². The molecule has 4 N–H and O–H groups in total. The fraction of sp³-hybridized carbons (Fsp3) is 0.467. The van der Waals surface area contributed by atoms with Gasteiger partial charge in [0.1, 0.15) is 12.2 Å². The number of aromatic nitrogens is 1. The lowest BCUT2D eigenvalue weighted by Gasteiger charge is -2.22. The summed E-state index contributed by atoms with van der Waals surface area (Å²) in [7, 11) is 1.60. The number of esters is 1. The van der Waals surface area contributed by atoms with Gasteiger partial charge in [-0.1, -0.05) is 0 Å². The maximum Gasteiger partial charge on any atom is 0.325 e. The molecule has 0 bridgehead atoms. The van der Waals surface area contributed by atoms with Gasteiger partial charge in [0.05, 0.1) is 24.8 Å². The molecule has 0 fully saturated rings. The van der Waals surface area contributed by atoms with Gasteiger partial charge in [-0.15, -0.1) is 0 Å². The maximum atomic E-state index is 12.1. The molecule has 1 aromatic rings. The van der Waals surface area contributed by atoms with E-state index in [4.69, 9.17) is 9.47 Å². The number of nitrogens with zero attached hydrogens (tertiary/aromatic N) is 1. The summed E-state index contributed by atoms with van der Waals surface area (Å²) in [6.45, 7) is 2.68. The van der Waals surface area contributed by atoms with Crippen LogP contribution in [-0.4, -0.2) is 62.3 Å². The van der Waals surface area contributed by atoms with E-state index in [1.807, 2.05) is 0 Å². The van der Waals surface area contributed by atoms with Gasteiger partial charge in [0.2, 0.25) is 0 Å². The molecule has 10 nitrogen and oxygen atoms in total. The van der Waals surface area contributed by atoms with Gasteiger partial charge in [0, 0.05) is 19.9 Å². The van der Waals surface area contributed by atoms with Crippen molar-refractivity contribution in [3.8, 4) is 0 Å². The number of aliphatic imine (C=N–C) groups is 1. The van der Waals surface area contributed by atoms with Crippen molar-refractivity contribution in [3.63, 3.8) is 0 Å². The minimum Gasteiger partial charge on any atom is -0.465 e. The van der Waals surface area contributed by atoms with Crippen molar-refractivity contribution in [1.29, 1.82) is 0 Å². The standard InChI is InChI=1S/C15H21N5O5/c1-3-25-12(21)8-17-13(22)9-4-11(14(23)16-5-9)20-15-18-6-10(24-2)7-19-15/h4-5,10H,3,6-8H2,1-2H3,(H,16,23)(H,17,22)(H2,18,19,20). The number of aromatic amines is 1. The lowest BCUT2D eigenvalue weighted by molar-refractivity contribution is -0.141. The van der Waals surface area contributed by atoms with E-state index in [9.17, 15) is 14.4 Å². The number of anilines is 1. The molecule has 2 heterocycles. The highest BCUT2D eigenvalue weighted by Crippen LogP contribution is 2.05. The fourth-order valence-corrected chi connectivity index (χ4v) is 2.07. The molecule has 1 aliphatic heterocycles. The van der Waals surface area contributed by atoms with Crippen LogP contribution in [0, 0.1) is 0 Å². The molecule has 1 amide bonds. The Hall–Kier alpha value is -2.88. The Labute approximate surface area is 144 Å². The second-order valence-electron chi connectivity index (χ2n) is 5.17. The lowest BCUT2D eigenvalue weighted by Crippen LogP contribution is -2.44. The summed E-state index contributed by atoms with van der Waals surface area (Å²) in [6.07, 6.45) is 1.24. The smallest absolute Gasteiger partial charge is 0.325 e. The number of carbonyl (C=O) groups is 2. The minimum absolute atomic E-state index is 0.0242. The van der Waals surface area contributed by atoms with Crippen LogP contribution in [0.25, 0.3) is 0 Å². The van der Waals surface area contributed by atoms with E-state index >= 15 is 0 Å². The Balaban J connectivity index is 2.02. The number of methoxy groups -OCH3 is 1. The zero-order valence-corrected chi connectivity index (χ0v) is 14.0. The molecule has 2 rings (SSSR count). The first kappa shape index (κ1) is 18.5. The Kier molecular flexibility index (Phi) is 6.52. The monoisotopic (exact) mass is 351 g/mol. The van der Waals surface area contributed by atoms with Crippen LogP contribution >= 0.6 is 0 Å². The van der Waals surface area contributed by atoms with Gasteiger partial charge in [-0.2, -0.15) is 0 Å². The highest BCUT2D eigenvalue weighted by Gasteiger charge is 2.16. The molecule has 0 radical (unpaired) electrons. The predicted molar refractivity (Wildman–Crippen MR) is 90.8 cm³/mol. The Bertz CT molecular complexity index is 715. The largest absolute Gasteiger partial charge is 0.465 e. The second kappa shape index (κ2) is 8.83. The molecular formula is C15H21N5O5. The third-order valence-corrected chi connectivity index (χ3v) is 3.40. The summed E-state index contributed by atoms with van der Waals surface area (Å²) in [6, 6.07) is 1.38. The third kappa shape index (κ3) is 5.31. The van der Waals surface area contributed by atoms with Crippen LogP contribution < -0.4 is 21.5 Å². The highest BCUT2D eigenvalue weighted by molar-refractivity contribution is 5.98. The second-order valence-corrected chi connectivity index (χ2v) is 5.17. The molecule has 0 saturated heterocycles. The number of amides is 1. The van der Waals surface area contributed by atoms with E-state index in [1.165, 1.54) is 12.3 Å². The number of hydrogen-bond acceptors (Lipinski definition) is 8. The Morgan fingerprint density at radius 1 is 1.44 bits per heavy atom. The molecule has 1 atom stereocenters. The van der Waals surface area contributed by atoms with Gasteiger partial charge in [-0.3, -0.25) is 19.4 Å². The topological polar surface area (TPSA) is 134 Å². The minimum atomic E-state index is -0.535. The summed E-state index contributed by atoms with van der Waals surface area (Å²) in [4.78, 5) is 41.9. The summed E-state index contributed by atoms with van der Waals surface area (Å²) >= 11 is 0. The third-order valence-electron chi connectivity index (χ3n) is 3.40. The molecule has 0 aromatic carbocycles. The van der Waals surface area contributed by atoms with Crippen molar-refractivity contribution in [1.82, 2.24) is 15.6 Å². The van der Waals surface area contributed by atoms with E-state index < -0.39 is 17.4 Å². The van der Waals surface area contributed by atoms with Crippen LogP contribution in [0.3, 0.4) is 0 Å². The van der Waals surface area contributed by atoms with Gasteiger partial charge in [0.25, 0.3) is 11.5 Å². The summed E-state index contributed by atoms with van der Waals surface area (Å²) in [5, 5.41) is 8.26. The van der Waals surface area contributed by atoms with Crippen molar-refractivity contribution in [3.05, 3.63) is 28.2 Å². The molecule has 1 unspecified atom stereocenters. The van der Waals surface area contributed by atoms with E-state index in [-0.39, 0.29) is 30.5 Å². The van der Waals surface area contributed by atoms with Crippen molar-refractivity contribution in [2.24, 2.45) is 4.99 Å². The average Bonchev–Trinajstić information content (AvgIpc) is 2.62. The van der Waals surface area contributed by atoms with Crippen molar-refractivity contribution in [2.45, 2.75) is 13.0 Å². The molecule has 1 aromatic heterocycles. The molecular weight excluding hydrogens is 330 g/mol. The van der Waals surface area contributed by atoms with E-state index in [0.29, 0.717) is 19.0 Å². The molecule has 10 heteroatoms. The zero-order valence-electron chi connectivity index (χ0n) is 14.0. The van der Waals surface area contributed by atoms with Crippen LogP contribution in [0.5, 0.6) is 0 Å². The lowest BCUT2D eigenvalue weighted by atomic mass is 10.2. The first-order valence-electron chi connectivity index (χ1n) is 7.78. The number of rotatable bonds is 6. The van der Waals surface area contributed by atoms with Gasteiger partial charge >= 0.3 is 5.97 Å². The number of H-pyrrole nitrogens is 1. The van der Waals surface area contributed by atoms with Gasteiger partial charge in [0.15, 0.2) is 5.96 Å². The normalized spacial score (nSPS) is 16.4. The molecule has 136 valence electrons. The van der Waals surface area contributed by atoms with Gasteiger partial charge in [-0.05, 0) is 13.0 Å². The first-order chi connectivity index (χ1) is 12.0. The number of guanidine groups is 1. The van der Waals surface area contributed by atoms with E-state index in [0.717, 1.165) is 0 Å². The summed E-state index contributed by atoms with van der Waals surface area (Å²) in [5.41, 5.74) is -0.0521.